The maximum Gasteiger partial charge on any atom is 0.272 e. The van der Waals surface area contributed by atoms with E-state index >= 15 is 0 Å². The highest BCUT2D eigenvalue weighted by molar-refractivity contribution is 6.01. The largest absolute Gasteiger partial charge is 0.378 e. The molecule has 3 fully saturated rings. The second-order valence-corrected chi connectivity index (χ2v) is 12.3. The lowest BCUT2D eigenvalue weighted by molar-refractivity contribution is -0.141. The van der Waals surface area contributed by atoms with Crippen molar-refractivity contribution in [3.05, 3.63) is 60.0 Å². The van der Waals surface area contributed by atoms with Crippen LogP contribution in [0.4, 0.5) is 5.69 Å². The normalized spacial score (nSPS) is 21.7. The first-order valence-electron chi connectivity index (χ1n) is 14.2. The van der Waals surface area contributed by atoms with Crippen LogP contribution in [0, 0.1) is 11.3 Å². The number of aromatic nitrogens is 2. The van der Waals surface area contributed by atoms with Crippen LogP contribution in [-0.2, 0) is 9.53 Å². The number of anilines is 1. The van der Waals surface area contributed by atoms with Crippen molar-refractivity contribution in [1.29, 1.82) is 0 Å². The minimum absolute atomic E-state index is 0.00421. The van der Waals surface area contributed by atoms with Crippen LogP contribution in [0.3, 0.4) is 0 Å². The van der Waals surface area contributed by atoms with E-state index in [2.05, 4.69) is 14.9 Å². The second-order valence-electron chi connectivity index (χ2n) is 12.3. The van der Waals surface area contributed by atoms with Crippen molar-refractivity contribution in [1.82, 2.24) is 19.8 Å². The highest BCUT2D eigenvalue weighted by Crippen LogP contribution is 2.38. The number of amides is 2. The summed E-state index contributed by atoms with van der Waals surface area (Å²) >= 11 is 0. The molecule has 1 N–H and O–H groups in total. The number of carbonyl (C=O) groups is 3. The SMILES string of the molecule is CC(C)(C)[C@H](CC(=O)c1cc2ccccc2[nH]1)C(=O)N1C[C@@H]2C[C@H]1CN2C(=O)c1ccc(N2CCOCC2)cn1. The van der Waals surface area contributed by atoms with Gasteiger partial charge in [-0.05, 0) is 36.1 Å². The van der Waals surface area contributed by atoms with E-state index in [-0.39, 0.29) is 41.5 Å². The summed E-state index contributed by atoms with van der Waals surface area (Å²) in [4.78, 5) is 54.2. The Balaban J connectivity index is 1.11. The number of Topliss-reactive ketones (excluding diaryl/α,β-unsaturated/α-hetero) is 1. The van der Waals surface area contributed by atoms with Crippen LogP contribution in [0.2, 0.25) is 0 Å². The van der Waals surface area contributed by atoms with Gasteiger partial charge in [0.2, 0.25) is 5.91 Å². The monoisotopic (exact) mass is 543 g/mol. The zero-order valence-electron chi connectivity index (χ0n) is 23.4. The van der Waals surface area contributed by atoms with E-state index < -0.39 is 5.92 Å². The summed E-state index contributed by atoms with van der Waals surface area (Å²) in [6, 6.07) is 13.3. The third-order valence-corrected chi connectivity index (χ3v) is 8.69. The van der Waals surface area contributed by atoms with Crippen molar-refractivity contribution in [3.63, 3.8) is 0 Å². The smallest absolute Gasteiger partial charge is 0.272 e. The Bertz CT molecular complexity index is 1390. The van der Waals surface area contributed by atoms with Crippen molar-refractivity contribution in [2.24, 2.45) is 11.3 Å². The van der Waals surface area contributed by atoms with Gasteiger partial charge in [-0.25, -0.2) is 4.98 Å². The molecule has 6 rings (SSSR count). The van der Waals surface area contributed by atoms with E-state index in [1.165, 1.54) is 0 Å². The summed E-state index contributed by atoms with van der Waals surface area (Å²) in [5.41, 5.74) is 2.49. The van der Waals surface area contributed by atoms with Gasteiger partial charge in [-0.3, -0.25) is 14.4 Å². The topological polar surface area (TPSA) is 98.8 Å². The fraction of sp³-hybridized carbons (Fsp3) is 0.484. The molecule has 0 unspecified atom stereocenters. The fourth-order valence-electron chi connectivity index (χ4n) is 6.34. The summed E-state index contributed by atoms with van der Waals surface area (Å²) in [6.07, 6.45) is 2.67. The molecule has 0 aliphatic carbocycles. The number of rotatable bonds is 6. The lowest BCUT2D eigenvalue weighted by Crippen LogP contribution is -2.53. The van der Waals surface area contributed by atoms with Gasteiger partial charge in [0.15, 0.2) is 5.78 Å². The quantitative estimate of drug-likeness (QED) is 0.476. The van der Waals surface area contributed by atoms with Crippen molar-refractivity contribution < 1.29 is 19.1 Å². The zero-order valence-corrected chi connectivity index (χ0v) is 23.4. The molecule has 40 heavy (non-hydrogen) atoms. The van der Waals surface area contributed by atoms with Gasteiger partial charge in [0.25, 0.3) is 5.91 Å². The van der Waals surface area contributed by atoms with Crippen LogP contribution in [0.25, 0.3) is 10.9 Å². The average molecular weight is 544 g/mol. The average Bonchev–Trinajstić information content (AvgIpc) is 3.69. The molecule has 3 saturated heterocycles. The predicted molar refractivity (Wildman–Crippen MR) is 152 cm³/mol. The van der Waals surface area contributed by atoms with Crippen LogP contribution in [-0.4, -0.2) is 88.8 Å². The Morgan fingerprint density at radius 2 is 1.75 bits per heavy atom. The van der Waals surface area contributed by atoms with Gasteiger partial charge >= 0.3 is 0 Å². The number of pyridine rings is 1. The highest BCUT2D eigenvalue weighted by atomic mass is 16.5. The number of hydrogen-bond donors (Lipinski definition) is 1. The van der Waals surface area contributed by atoms with E-state index in [4.69, 9.17) is 4.74 Å². The van der Waals surface area contributed by atoms with E-state index in [9.17, 15) is 14.4 Å². The number of ketones is 1. The van der Waals surface area contributed by atoms with Crippen LogP contribution >= 0.6 is 0 Å². The Hall–Kier alpha value is -3.72. The molecule has 0 radical (unpaired) electrons. The summed E-state index contributed by atoms with van der Waals surface area (Å²) in [5, 5.41) is 0.983. The number of nitrogens with one attached hydrogen (secondary N) is 1. The Kier molecular flexibility index (Phi) is 6.86. The molecular formula is C31H37N5O4. The number of para-hydroxylation sites is 1. The summed E-state index contributed by atoms with van der Waals surface area (Å²) in [6.45, 7) is 10.1. The van der Waals surface area contributed by atoms with Gasteiger partial charge in [-0.1, -0.05) is 39.0 Å². The molecule has 3 atom stereocenters. The van der Waals surface area contributed by atoms with E-state index in [0.29, 0.717) is 37.7 Å². The molecule has 3 aliphatic heterocycles. The first kappa shape index (κ1) is 26.5. The second kappa shape index (κ2) is 10.4. The lowest BCUT2D eigenvalue weighted by atomic mass is 9.76. The molecule has 5 heterocycles. The number of hydrogen-bond acceptors (Lipinski definition) is 6. The fourth-order valence-corrected chi connectivity index (χ4v) is 6.34. The van der Waals surface area contributed by atoms with E-state index in [0.717, 1.165) is 36.1 Å². The number of nitrogens with zero attached hydrogens (tertiary/aromatic N) is 4. The number of ether oxygens (including phenoxy) is 1. The first-order chi connectivity index (χ1) is 19.2. The minimum atomic E-state index is -0.454. The number of piperazine rings is 1. The van der Waals surface area contributed by atoms with Gasteiger partial charge in [-0.2, -0.15) is 0 Å². The van der Waals surface area contributed by atoms with E-state index in [1.807, 2.05) is 67.0 Å². The van der Waals surface area contributed by atoms with Crippen molar-refractivity contribution in [2.75, 3.05) is 44.3 Å². The summed E-state index contributed by atoms with van der Waals surface area (Å²) in [7, 11) is 0. The number of morpholine rings is 1. The molecule has 3 aromatic rings. The van der Waals surface area contributed by atoms with Crippen LogP contribution in [0.5, 0.6) is 0 Å². The first-order valence-corrected chi connectivity index (χ1v) is 14.2. The molecule has 210 valence electrons. The van der Waals surface area contributed by atoms with Crippen LogP contribution in [0.15, 0.2) is 48.7 Å². The van der Waals surface area contributed by atoms with Crippen LogP contribution < -0.4 is 4.90 Å². The Labute approximate surface area is 234 Å². The minimum Gasteiger partial charge on any atom is -0.378 e. The molecule has 2 amide bonds. The Morgan fingerprint density at radius 3 is 2.40 bits per heavy atom. The standard InChI is InChI=1S/C31H37N5O4/c1-31(2,3)24(16-28(37)27-14-20-6-4-5-7-25(20)33-27)29(38)35-18-23-15-22(35)19-36(23)30(39)26-9-8-21(17-32-26)34-10-12-40-13-11-34/h4-9,14,17,22-24,33H,10-13,15-16,18-19H2,1-3H3/t22-,23-,24+/m0/s1. The third kappa shape index (κ3) is 4.98. The van der Waals surface area contributed by atoms with Crippen molar-refractivity contribution >= 4 is 34.2 Å². The number of carbonyl (C=O) groups excluding carboxylic acids is 3. The van der Waals surface area contributed by atoms with E-state index in [1.54, 1.807) is 12.3 Å². The Morgan fingerprint density at radius 1 is 1.02 bits per heavy atom. The summed E-state index contributed by atoms with van der Waals surface area (Å²) in [5.74, 6) is -0.597. The predicted octanol–water partition coefficient (Wildman–Crippen LogP) is 3.76. The summed E-state index contributed by atoms with van der Waals surface area (Å²) < 4.78 is 5.42. The van der Waals surface area contributed by atoms with Gasteiger partial charge in [-0.15, -0.1) is 0 Å². The number of likely N-dealkylation sites (tertiary alicyclic amines) is 2. The van der Waals surface area contributed by atoms with Crippen molar-refractivity contribution in [2.45, 2.75) is 45.7 Å². The number of H-pyrrole nitrogens is 1. The van der Waals surface area contributed by atoms with Gasteiger partial charge in [0.05, 0.1) is 48.8 Å². The molecule has 3 aliphatic rings. The molecule has 0 saturated carbocycles. The maximum absolute atomic E-state index is 13.9. The molecule has 0 spiro atoms. The molecule has 2 aromatic heterocycles. The van der Waals surface area contributed by atoms with Crippen molar-refractivity contribution in [3.8, 4) is 0 Å². The highest BCUT2D eigenvalue weighted by Gasteiger charge is 2.50. The number of aromatic amines is 1. The van der Waals surface area contributed by atoms with Gasteiger partial charge in [0.1, 0.15) is 5.69 Å². The lowest BCUT2D eigenvalue weighted by Gasteiger charge is -2.39. The molecule has 1 aromatic carbocycles. The number of benzene rings is 1. The van der Waals surface area contributed by atoms with Gasteiger partial charge < -0.3 is 24.4 Å². The third-order valence-electron chi connectivity index (χ3n) is 8.69. The molecule has 9 heteroatoms. The zero-order chi connectivity index (χ0) is 28.0. The number of fused-ring (bicyclic) bond motifs is 3. The molecular weight excluding hydrogens is 506 g/mol. The molecule has 2 bridgehead atoms. The van der Waals surface area contributed by atoms with Crippen LogP contribution in [0.1, 0.15) is 54.6 Å². The van der Waals surface area contributed by atoms with Gasteiger partial charge in [0, 0.05) is 43.5 Å². The maximum atomic E-state index is 13.9. The molecule has 9 nitrogen and oxygen atoms in total.